The number of halogens is 1. The number of carbonyl (C=O) groups excluding carboxylic acids is 1. The second-order valence-corrected chi connectivity index (χ2v) is 5.08. The van der Waals surface area contributed by atoms with Gasteiger partial charge in [-0.3, -0.25) is 9.59 Å². The third-order valence-corrected chi connectivity index (χ3v) is 3.63. The van der Waals surface area contributed by atoms with Gasteiger partial charge in [0.25, 0.3) is 5.91 Å². The maximum Gasteiger partial charge on any atom is 0.257 e. The smallest absolute Gasteiger partial charge is 0.257 e. The van der Waals surface area contributed by atoms with Crippen LogP contribution in [0.5, 0.6) is 0 Å². The van der Waals surface area contributed by atoms with Crippen LogP contribution in [0.1, 0.15) is 23.0 Å². The van der Waals surface area contributed by atoms with Gasteiger partial charge in [0.05, 0.1) is 18.3 Å². The maximum absolute atomic E-state index is 13.5. The molecule has 118 valence electrons. The molecular weight excluding hydrogens is 299 g/mol. The van der Waals surface area contributed by atoms with Crippen LogP contribution in [0, 0.1) is 5.82 Å². The molecule has 0 saturated heterocycles. The van der Waals surface area contributed by atoms with E-state index >= 15 is 0 Å². The normalized spacial score (nSPS) is 10.9. The molecule has 5 nitrogen and oxygen atoms in total. The fraction of sp³-hybridized carbons (Fsp3) is 0.176. The van der Waals surface area contributed by atoms with Gasteiger partial charge in [-0.25, -0.2) is 4.39 Å². The van der Waals surface area contributed by atoms with Gasteiger partial charge in [0.15, 0.2) is 0 Å². The summed E-state index contributed by atoms with van der Waals surface area (Å²) < 4.78 is 20.3. The number of aromatic nitrogens is 1. The van der Waals surface area contributed by atoms with Crippen molar-refractivity contribution in [3.63, 3.8) is 0 Å². The van der Waals surface area contributed by atoms with Crippen molar-refractivity contribution in [1.29, 1.82) is 0 Å². The molecule has 0 bridgehead atoms. The predicted molar refractivity (Wildman–Crippen MR) is 83.7 cm³/mol. The number of carbonyl (C=O) groups is 1. The van der Waals surface area contributed by atoms with E-state index in [0.29, 0.717) is 17.8 Å². The SMILES string of the molecule is CCn1cc(C(=O)NCc2ccco2)c(=O)c2cc(F)ccc21. The molecule has 0 fully saturated rings. The predicted octanol–water partition coefficient (Wildman–Crippen LogP) is 2.68. The summed E-state index contributed by atoms with van der Waals surface area (Å²) in [4.78, 5) is 24.8. The largest absolute Gasteiger partial charge is 0.467 e. The quantitative estimate of drug-likeness (QED) is 0.805. The topological polar surface area (TPSA) is 64.2 Å². The minimum Gasteiger partial charge on any atom is -0.467 e. The highest BCUT2D eigenvalue weighted by Crippen LogP contribution is 2.14. The number of fused-ring (bicyclic) bond motifs is 1. The fourth-order valence-corrected chi connectivity index (χ4v) is 2.47. The molecule has 6 heteroatoms. The van der Waals surface area contributed by atoms with E-state index in [4.69, 9.17) is 4.42 Å². The number of rotatable bonds is 4. The van der Waals surface area contributed by atoms with Crippen molar-refractivity contribution in [2.24, 2.45) is 0 Å². The van der Waals surface area contributed by atoms with Crippen LogP contribution < -0.4 is 10.7 Å². The molecule has 1 amide bonds. The molecule has 0 atom stereocenters. The average molecular weight is 314 g/mol. The van der Waals surface area contributed by atoms with Gasteiger partial charge in [0, 0.05) is 18.1 Å². The number of nitrogens with zero attached hydrogens (tertiary/aromatic N) is 1. The lowest BCUT2D eigenvalue weighted by Gasteiger charge is -2.11. The van der Waals surface area contributed by atoms with Crippen LogP contribution in [-0.2, 0) is 13.1 Å². The molecule has 3 rings (SSSR count). The van der Waals surface area contributed by atoms with Crippen LogP contribution in [0.3, 0.4) is 0 Å². The van der Waals surface area contributed by atoms with Gasteiger partial charge in [0.1, 0.15) is 17.1 Å². The number of pyridine rings is 1. The van der Waals surface area contributed by atoms with Crippen molar-refractivity contribution in [2.75, 3.05) is 0 Å². The molecule has 2 aromatic heterocycles. The molecule has 0 radical (unpaired) electrons. The van der Waals surface area contributed by atoms with Crippen LogP contribution in [-0.4, -0.2) is 10.5 Å². The summed E-state index contributed by atoms with van der Waals surface area (Å²) in [6.45, 7) is 2.62. The Morgan fingerprint density at radius 2 is 2.17 bits per heavy atom. The molecule has 0 saturated carbocycles. The van der Waals surface area contributed by atoms with Crippen molar-refractivity contribution in [3.8, 4) is 0 Å². The van der Waals surface area contributed by atoms with Crippen LogP contribution >= 0.6 is 0 Å². The monoisotopic (exact) mass is 314 g/mol. The highest BCUT2D eigenvalue weighted by Gasteiger charge is 2.15. The summed E-state index contributed by atoms with van der Waals surface area (Å²) in [7, 11) is 0. The lowest BCUT2D eigenvalue weighted by Crippen LogP contribution is -2.29. The summed E-state index contributed by atoms with van der Waals surface area (Å²) in [5.41, 5.74) is 0.0964. The Labute approximate surface area is 131 Å². The van der Waals surface area contributed by atoms with Crippen molar-refractivity contribution in [1.82, 2.24) is 9.88 Å². The van der Waals surface area contributed by atoms with Crippen LogP contribution in [0.15, 0.2) is 52.0 Å². The number of amides is 1. The molecule has 0 unspecified atom stereocenters. The summed E-state index contributed by atoms with van der Waals surface area (Å²) in [5.74, 6) is -0.439. The number of benzene rings is 1. The van der Waals surface area contributed by atoms with E-state index in [1.165, 1.54) is 18.5 Å². The van der Waals surface area contributed by atoms with Crippen molar-refractivity contribution >= 4 is 16.8 Å². The van der Waals surface area contributed by atoms with Crippen LogP contribution in [0.2, 0.25) is 0 Å². The van der Waals surface area contributed by atoms with Gasteiger partial charge < -0.3 is 14.3 Å². The number of hydrogen-bond donors (Lipinski definition) is 1. The highest BCUT2D eigenvalue weighted by molar-refractivity contribution is 5.97. The molecule has 0 aliphatic rings. The van der Waals surface area contributed by atoms with Gasteiger partial charge in [-0.1, -0.05) is 0 Å². The lowest BCUT2D eigenvalue weighted by molar-refractivity contribution is 0.0946. The number of furan rings is 1. The summed E-state index contributed by atoms with van der Waals surface area (Å²) in [6, 6.07) is 7.43. The molecule has 0 aliphatic carbocycles. The second kappa shape index (κ2) is 6.08. The Hall–Kier alpha value is -2.89. The maximum atomic E-state index is 13.5. The highest BCUT2D eigenvalue weighted by atomic mass is 19.1. The standard InChI is InChI=1S/C17H15FN2O3/c1-2-20-10-14(17(22)19-9-12-4-3-7-23-12)16(21)13-8-11(18)5-6-15(13)20/h3-8,10H,2,9H2,1H3,(H,19,22). The number of hydrogen-bond acceptors (Lipinski definition) is 3. The van der Waals surface area contributed by atoms with Gasteiger partial charge in [-0.05, 0) is 37.3 Å². The molecule has 0 aliphatic heterocycles. The van der Waals surface area contributed by atoms with E-state index < -0.39 is 17.2 Å². The van der Waals surface area contributed by atoms with E-state index in [2.05, 4.69) is 5.32 Å². The Balaban J connectivity index is 2.01. The Morgan fingerprint density at radius 1 is 1.35 bits per heavy atom. The first-order valence-electron chi connectivity index (χ1n) is 7.23. The zero-order chi connectivity index (χ0) is 16.4. The second-order valence-electron chi connectivity index (χ2n) is 5.08. The van der Waals surface area contributed by atoms with Crippen LogP contribution in [0.4, 0.5) is 4.39 Å². The molecule has 2 heterocycles. The fourth-order valence-electron chi connectivity index (χ4n) is 2.47. The number of nitrogens with one attached hydrogen (secondary N) is 1. The summed E-state index contributed by atoms with van der Waals surface area (Å²) in [5, 5.41) is 2.83. The molecule has 0 spiro atoms. The summed E-state index contributed by atoms with van der Waals surface area (Å²) >= 11 is 0. The average Bonchev–Trinajstić information content (AvgIpc) is 3.07. The van der Waals surface area contributed by atoms with E-state index in [-0.39, 0.29) is 17.5 Å². The Bertz CT molecular complexity index is 913. The Kier molecular flexibility index (Phi) is 3.97. The zero-order valence-corrected chi connectivity index (χ0v) is 12.5. The van der Waals surface area contributed by atoms with E-state index in [1.54, 1.807) is 22.8 Å². The van der Waals surface area contributed by atoms with Gasteiger partial charge in [-0.2, -0.15) is 0 Å². The van der Waals surface area contributed by atoms with Crippen molar-refractivity contribution < 1.29 is 13.6 Å². The van der Waals surface area contributed by atoms with Gasteiger partial charge >= 0.3 is 0 Å². The third-order valence-electron chi connectivity index (χ3n) is 3.63. The van der Waals surface area contributed by atoms with E-state index in [9.17, 15) is 14.0 Å². The van der Waals surface area contributed by atoms with Gasteiger partial charge in [-0.15, -0.1) is 0 Å². The third kappa shape index (κ3) is 2.88. The zero-order valence-electron chi connectivity index (χ0n) is 12.5. The van der Waals surface area contributed by atoms with Crippen LogP contribution in [0.25, 0.3) is 10.9 Å². The van der Waals surface area contributed by atoms with Crippen molar-refractivity contribution in [2.45, 2.75) is 20.0 Å². The van der Waals surface area contributed by atoms with E-state index in [1.807, 2.05) is 6.92 Å². The molecule has 1 N–H and O–H groups in total. The lowest BCUT2D eigenvalue weighted by atomic mass is 10.1. The first-order chi connectivity index (χ1) is 11.1. The first kappa shape index (κ1) is 15.0. The first-order valence-corrected chi connectivity index (χ1v) is 7.23. The number of aryl methyl sites for hydroxylation is 1. The molecular formula is C17H15FN2O3. The molecule has 3 aromatic rings. The summed E-state index contributed by atoms with van der Waals surface area (Å²) in [6.07, 6.45) is 3.00. The minimum atomic E-state index is -0.514. The molecule has 23 heavy (non-hydrogen) atoms. The van der Waals surface area contributed by atoms with Gasteiger partial charge in [0.2, 0.25) is 5.43 Å². The Morgan fingerprint density at radius 3 is 2.87 bits per heavy atom. The van der Waals surface area contributed by atoms with E-state index in [0.717, 1.165) is 6.07 Å². The minimum absolute atomic E-state index is 0.0171. The van der Waals surface area contributed by atoms with Crippen molar-refractivity contribution in [3.05, 3.63) is 70.2 Å². The molecule has 1 aromatic carbocycles.